The highest BCUT2D eigenvalue weighted by molar-refractivity contribution is 6.00. The first-order chi connectivity index (χ1) is 20.1. The molecule has 0 aliphatic heterocycles. The normalized spacial score (nSPS) is 11.3. The summed E-state index contributed by atoms with van der Waals surface area (Å²) in [4.78, 5) is 40.2. The molecule has 41 heavy (non-hydrogen) atoms. The Labute approximate surface area is 239 Å². The lowest BCUT2D eigenvalue weighted by Gasteiger charge is -2.24. The molecule has 4 aromatic carbocycles. The largest absolute Gasteiger partial charge is 0.477 e. The van der Waals surface area contributed by atoms with E-state index in [1.165, 1.54) is 0 Å². The maximum atomic E-state index is 13.4. The Bertz CT molecular complexity index is 1300. The van der Waals surface area contributed by atoms with E-state index < -0.39 is 29.9 Å². The molecule has 0 fully saturated rings. The second kappa shape index (κ2) is 15.6. The van der Waals surface area contributed by atoms with Crippen LogP contribution in [0.1, 0.15) is 23.1 Å². The number of hydrogen-bond acceptors (Lipinski definition) is 7. The fourth-order valence-electron chi connectivity index (χ4n) is 4.05. The van der Waals surface area contributed by atoms with Crippen LogP contribution >= 0.6 is 0 Å². The molecule has 0 saturated heterocycles. The standard InChI is InChI=1S/C34H32O7/c35-32(39-24-27-16-7-2-8-17-27)30(33(36)40-25-28-18-9-3-10-19-28)31(41-29-21-11-4-12-22-29)34(37)38-23-13-20-26-14-5-1-6-15-26/h1-12,14-19,21-22,30-31H,13,20,23-25H2. The highest BCUT2D eigenvalue weighted by Gasteiger charge is 2.45. The van der Waals surface area contributed by atoms with Gasteiger partial charge in [-0.25, -0.2) is 4.79 Å². The van der Waals surface area contributed by atoms with Gasteiger partial charge in [0.2, 0.25) is 12.0 Å². The molecular formula is C34H32O7. The van der Waals surface area contributed by atoms with E-state index in [-0.39, 0.29) is 25.6 Å². The van der Waals surface area contributed by atoms with Crippen molar-refractivity contribution in [2.45, 2.75) is 32.2 Å². The zero-order chi connectivity index (χ0) is 28.7. The molecule has 0 amide bonds. The number of para-hydroxylation sites is 1. The van der Waals surface area contributed by atoms with Gasteiger partial charge >= 0.3 is 17.9 Å². The summed E-state index contributed by atoms with van der Waals surface area (Å²) in [7, 11) is 0. The highest BCUT2D eigenvalue weighted by atomic mass is 16.6. The van der Waals surface area contributed by atoms with Gasteiger partial charge in [0.25, 0.3) is 0 Å². The van der Waals surface area contributed by atoms with E-state index in [4.69, 9.17) is 18.9 Å². The van der Waals surface area contributed by atoms with Gasteiger partial charge in [-0.3, -0.25) is 9.59 Å². The molecule has 0 heterocycles. The van der Waals surface area contributed by atoms with E-state index in [1.807, 2.05) is 66.7 Å². The monoisotopic (exact) mass is 552 g/mol. The molecule has 4 aromatic rings. The molecule has 0 aliphatic carbocycles. The predicted molar refractivity (Wildman–Crippen MR) is 153 cm³/mol. The molecule has 4 rings (SSSR count). The number of hydrogen-bond donors (Lipinski definition) is 0. The molecule has 7 heteroatoms. The van der Waals surface area contributed by atoms with Crippen molar-refractivity contribution in [1.82, 2.24) is 0 Å². The Morgan fingerprint density at radius 3 is 1.44 bits per heavy atom. The molecule has 0 N–H and O–H groups in total. The first-order valence-electron chi connectivity index (χ1n) is 13.4. The number of esters is 3. The van der Waals surface area contributed by atoms with Gasteiger partial charge < -0.3 is 18.9 Å². The Kier molecular flexibility index (Phi) is 11.1. The van der Waals surface area contributed by atoms with Gasteiger partial charge in [-0.15, -0.1) is 0 Å². The third-order valence-electron chi connectivity index (χ3n) is 6.19. The van der Waals surface area contributed by atoms with E-state index >= 15 is 0 Å². The predicted octanol–water partition coefficient (Wildman–Crippen LogP) is 5.71. The summed E-state index contributed by atoms with van der Waals surface area (Å²) in [5.74, 6) is -4.19. The van der Waals surface area contributed by atoms with Gasteiger partial charge in [0, 0.05) is 0 Å². The fraction of sp³-hybridized carbons (Fsp3) is 0.206. The van der Waals surface area contributed by atoms with Crippen molar-refractivity contribution in [3.63, 3.8) is 0 Å². The third kappa shape index (κ3) is 9.35. The van der Waals surface area contributed by atoms with Crippen molar-refractivity contribution in [3.8, 4) is 5.75 Å². The second-order valence-corrected chi connectivity index (χ2v) is 9.27. The van der Waals surface area contributed by atoms with Gasteiger partial charge in [-0.05, 0) is 41.7 Å². The van der Waals surface area contributed by atoms with Crippen LogP contribution in [-0.4, -0.2) is 30.6 Å². The van der Waals surface area contributed by atoms with Crippen molar-refractivity contribution in [2.24, 2.45) is 5.92 Å². The van der Waals surface area contributed by atoms with Gasteiger partial charge in [-0.1, -0.05) is 109 Å². The molecule has 210 valence electrons. The lowest BCUT2D eigenvalue weighted by atomic mass is 10.0. The molecule has 7 nitrogen and oxygen atoms in total. The van der Waals surface area contributed by atoms with Crippen LogP contribution in [0.4, 0.5) is 0 Å². The lowest BCUT2D eigenvalue weighted by molar-refractivity contribution is -0.176. The van der Waals surface area contributed by atoms with Gasteiger partial charge in [0.05, 0.1) is 6.61 Å². The Morgan fingerprint density at radius 1 is 0.512 bits per heavy atom. The minimum absolute atomic E-state index is 0.0766. The summed E-state index contributed by atoms with van der Waals surface area (Å²) in [6.45, 7) is -0.105. The Balaban J connectivity index is 1.52. The molecule has 0 bridgehead atoms. The van der Waals surface area contributed by atoms with Crippen molar-refractivity contribution in [2.75, 3.05) is 6.61 Å². The van der Waals surface area contributed by atoms with Crippen molar-refractivity contribution < 1.29 is 33.3 Å². The highest BCUT2D eigenvalue weighted by Crippen LogP contribution is 2.21. The maximum absolute atomic E-state index is 13.4. The minimum atomic E-state index is -1.72. The maximum Gasteiger partial charge on any atom is 0.348 e. The van der Waals surface area contributed by atoms with Crippen molar-refractivity contribution in [3.05, 3.63) is 138 Å². The number of aryl methyl sites for hydroxylation is 1. The van der Waals surface area contributed by atoms with Crippen LogP contribution in [0.3, 0.4) is 0 Å². The average molecular weight is 553 g/mol. The number of rotatable bonds is 14. The van der Waals surface area contributed by atoms with Crippen LogP contribution in [0, 0.1) is 5.92 Å². The van der Waals surface area contributed by atoms with Crippen LogP contribution in [0.25, 0.3) is 0 Å². The Morgan fingerprint density at radius 2 is 0.951 bits per heavy atom. The summed E-state index contributed by atoms with van der Waals surface area (Å²) in [6, 6.07) is 36.3. The number of carbonyl (C=O) groups is 3. The van der Waals surface area contributed by atoms with Gasteiger partial charge in [0.1, 0.15) is 19.0 Å². The first kappa shape index (κ1) is 29.1. The van der Waals surface area contributed by atoms with E-state index in [0.717, 1.165) is 16.7 Å². The van der Waals surface area contributed by atoms with Crippen molar-refractivity contribution in [1.29, 1.82) is 0 Å². The van der Waals surface area contributed by atoms with E-state index in [1.54, 1.807) is 54.6 Å². The molecular weight excluding hydrogens is 520 g/mol. The van der Waals surface area contributed by atoms with Crippen LogP contribution in [0.5, 0.6) is 5.75 Å². The summed E-state index contributed by atoms with van der Waals surface area (Å²) in [6.07, 6.45) is -0.379. The fourth-order valence-corrected chi connectivity index (χ4v) is 4.05. The molecule has 0 radical (unpaired) electrons. The average Bonchev–Trinajstić information content (AvgIpc) is 3.02. The molecule has 1 atom stereocenters. The summed E-state index contributed by atoms with van der Waals surface area (Å²) in [5, 5.41) is 0. The smallest absolute Gasteiger partial charge is 0.348 e. The molecule has 0 aliphatic rings. The van der Waals surface area contributed by atoms with Crippen LogP contribution in [0.15, 0.2) is 121 Å². The number of ether oxygens (including phenoxy) is 4. The van der Waals surface area contributed by atoms with Gasteiger partial charge in [0.15, 0.2) is 0 Å². The van der Waals surface area contributed by atoms with Crippen LogP contribution < -0.4 is 4.74 Å². The van der Waals surface area contributed by atoms with E-state index in [9.17, 15) is 14.4 Å². The summed E-state index contributed by atoms with van der Waals surface area (Å²) >= 11 is 0. The van der Waals surface area contributed by atoms with Crippen molar-refractivity contribution >= 4 is 17.9 Å². The van der Waals surface area contributed by atoms with Gasteiger partial charge in [-0.2, -0.15) is 0 Å². The van der Waals surface area contributed by atoms with E-state index in [0.29, 0.717) is 12.8 Å². The third-order valence-corrected chi connectivity index (χ3v) is 6.19. The lowest BCUT2D eigenvalue weighted by Crippen LogP contribution is -2.46. The summed E-state index contributed by atoms with van der Waals surface area (Å²) in [5.41, 5.74) is 2.55. The SMILES string of the molecule is O=C(OCCCc1ccccc1)C(Oc1ccccc1)C(C(=O)OCc1ccccc1)C(=O)OCc1ccccc1. The molecule has 1 unspecified atom stereocenters. The quantitative estimate of drug-likeness (QED) is 0.0857. The first-order valence-corrected chi connectivity index (χ1v) is 13.4. The number of carbonyl (C=O) groups excluding carboxylic acids is 3. The Hall–Kier alpha value is -4.91. The summed E-state index contributed by atoms with van der Waals surface area (Å²) < 4.78 is 22.4. The number of benzene rings is 4. The zero-order valence-corrected chi connectivity index (χ0v) is 22.6. The van der Waals surface area contributed by atoms with Crippen LogP contribution in [-0.2, 0) is 48.2 Å². The molecule has 0 aromatic heterocycles. The topological polar surface area (TPSA) is 88.1 Å². The van der Waals surface area contributed by atoms with Crippen LogP contribution in [0.2, 0.25) is 0 Å². The second-order valence-electron chi connectivity index (χ2n) is 9.27. The minimum Gasteiger partial charge on any atom is -0.477 e. The molecule has 0 saturated carbocycles. The van der Waals surface area contributed by atoms with E-state index in [2.05, 4.69) is 0 Å². The zero-order valence-electron chi connectivity index (χ0n) is 22.6. The molecule has 0 spiro atoms.